The number of nitrogens with zero attached hydrogens (tertiary/aromatic N) is 2. The zero-order valence-electron chi connectivity index (χ0n) is 29.2. The molecule has 264 valence electrons. The first kappa shape index (κ1) is 36.9. The maximum atomic E-state index is 14.3. The van der Waals surface area contributed by atoms with Crippen LogP contribution in [0, 0.1) is 5.41 Å². The van der Waals surface area contributed by atoms with Crippen molar-refractivity contribution in [1.82, 2.24) is 25.2 Å². The fourth-order valence-electron chi connectivity index (χ4n) is 5.46. The number of amides is 4. The van der Waals surface area contributed by atoms with E-state index in [9.17, 15) is 27.6 Å². The molecule has 14 heteroatoms. The number of rotatable bonds is 10. The van der Waals surface area contributed by atoms with Crippen molar-refractivity contribution in [2.45, 2.75) is 123 Å². The molecule has 4 amide bonds. The van der Waals surface area contributed by atoms with E-state index in [2.05, 4.69) is 35.5 Å². The van der Waals surface area contributed by atoms with Crippen molar-refractivity contribution in [1.29, 1.82) is 0 Å². The first-order valence-corrected chi connectivity index (χ1v) is 17.9. The molecule has 3 N–H and O–H groups in total. The standard InChI is InChI=1S/C34H49N5O8S/c1-19(2)21-10-13-25-22(16-21)14-15-35-30(25)46-23-17-26(29(41)36-20(3)28(40)38-48(44,45)24-11-12-24)39(18-23)31(42)27(33(4,5)6)37-32(43)47-34(7,8)9/h10,13-16,19-20,23-24,26-27H,11-12,17-18H2,1-9H3,(H,36,41)(H,37,43)(H,38,40)/t20-,23-,26+,27-/m1/s1. The fraction of sp³-hybridized carbons (Fsp3) is 0.618. The number of fused-ring (bicyclic) bond motifs is 1. The van der Waals surface area contributed by atoms with Crippen LogP contribution in [0.15, 0.2) is 30.5 Å². The van der Waals surface area contributed by atoms with E-state index in [0.717, 1.165) is 16.3 Å². The van der Waals surface area contributed by atoms with Crippen LogP contribution in [-0.4, -0.2) is 83.7 Å². The average Bonchev–Trinajstić information content (AvgIpc) is 3.75. The lowest BCUT2D eigenvalue weighted by atomic mass is 9.85. The van der Waals surface area contributed by atoms with Crippen molar-refractivity contribution in [3.8, 4) is 5.88 Å². The minimum absolute atomic E-state index is 0.0156. The third-order valence-corrected chi connectivity index (χ3v) is 10.1. The van der Waals surface area contributed by atoms with E-state index in [1.165, 1.54) is 11.8 Å². The van der Waals surface area contributed by atoms with Crippen LogP contribution in [0.5, 0.6) is 5.88 Å². The van der Waals surface area contributed by atoms with Crippen molar-refractivity contribution >= 4 is 44.6 Å². The number of aromatic nitrogens is 1. The summed E-state index contributed by atoms with van der Waals surface area (Å²) in [7, 11) is -3.83. The number of likely N-dealkylation sites (tertiary alicyclic amines) is 1. The van der Waals surface area contributed by atoms with Crippen LogP contribution >= 0.6 is 0 Å². The number of nitrogens with one attached hydrogen (secondary N) is 3. The van der Waals surface area contributed by atoms with Gasteiger partial charge in [0, 0.05) is 18.0 Å². The number of benzene rings is 1. The lowest BCUT2D eigenvalue weighted by Gasteiger charge is -2.35. The van der Waals surface area contributed by atoms with E-state index in [0.29, 0.717) is 24.6 Å². The number of hydrogen-bond donors (Lipinski definition) is 3. The number of hydrogen-bond acceptors (Lipinski definition) is 9. The highest BCUT2D eigenvalue weighted by Gasteiger charge is 2.47. The molecule has 2 fully saturated rings. The van der Waals surface area contributed by atoms with Crippen LogP contribution in [0.3, 0.4) is 0 Å². The predicted octanol–water partition coefficient (Wildman–Crippen LogP) is 3.76. The van der Waals surface area contributed by atoms with Gasteiger partial charge in [0.25, 0.3) is 5.91 Å². The van der Waals surface area contributed by atoms with Gasteiger partial charge in [-0.05, 0) is 75.0 Å². The largest absolute Gasteiger partial charge is 0.472 e. The number of alkyl carbamates (subject to hydrolysis) is 1. The van der Waals surface area contributed by atoms with E-state index in [1.807, 2.05) is 22.9 Å². The SMILES string of the molecule is CC(C)c1ccc2c(O[C@@H]3C[C@@H](C(=O)N[C@H](C)C(=O)NS(=O)(=O)C4CC4)N(C(=O)[C@@H](NC(=O)OC(C)(C)C)C(C)(C)C)C3)nccc2c1. The molecule has 2 aliphatic rings. The zero-order chi connectivity index (χ0) is 35.8. The van der Waals surface area contributed by atoms with Crippen molar-refractivity contribution < 1.29 is 37.1 Å². The zero-order valence-corrected chi connectivity index (χ0v) is 30.1. The summed E-state index contributed by atoms with van der Waals surface area (Å²) in [5.74, 6) is -1.42. The normalized spacial score (nSPS) is 19.8. The van der Waals surface area contributed by atoms with E-state index in [4.69, 9.17) is 9.47 Å². The lowest BCUT2D eigenvalue weighted by Crippen LogP contribution is -2.59. The van der Waals surface area contributed by atoms with Crippen LogP contribution < -0.4 is 20.1 Å². The van der Waals surface area contributed by atoms with Crippen LogP contribution in [0.2, 0.25) is 0 Å². The summed E-state index contributed by atoms with van der Waals surface area (Å²) in [5, 5.41) is 6.35. The van der Waals surface area contributed by atoms with Gasteiger partial charge in [-0.1, -0.05) is 46.8 Å². The molecule has 0 unspecified atom stereocenters. The Morgan fingerprint density at radius 3 is 2.23 bits per heavy atom. The topological polar surface area (TPSA) is 173 Å². The summed E-state index contributed by atoms with van der Waals surface area (Å²) in [5.41, 5.74) is -0.443. The second kappa shape index (κ2) is 13.9. The van der Waals surface area contributed by atoms with Crippen molar-refractivity contribution in [2.75, 3.05) is 6.54 Å². The maximum absolute atomic E-state index is 14.3. The average molecular weight is 688 g/mol. The Morgan fingerprint density at radius 2 is 1.65 bits per heavy atom. The minimum atomic E-state index is -3.83. The molecule has 1 aliphatic heterocycles. The fourth-order valence-corrected chi connectivity index (χ4v) is 6.84. The van der Waals surface area contributed by atoms with Crippen molar-refractivity contribution in [3.63, 3.8) is 0 Å². The first-order valence-electron chi connectivity index (χ1n) is 16.4. The predicted molar refractivity (Wildman–Crippen MR) is 181 cm³/mol. The van der Waals surface area contributed by atoms with Gasteiger partial charge in [0.15, 0.2) is 0 Å². The number of ether oxygens (including phenoxy) is 2. The Labute approximate surface area is 282 Å². The molecule has 0 bridgehead atoms. The van der Waals surface area contributed by atoms with Gasteiger partial charge in [0.05, 0.1) is 11.8 Å². The lowest BCUT2D eigenvalue weighted by molar-refractivity contribution is -0.142. The second-order valence-electron chi connectivity index (χ2n) is 15.1. The molecule has 2 aromatic rings. The molecule has 4 atom stereocenters. The molecule has 4 rings (SSSR count). The maximum Gasteiger partial charge on any atom is 0.408 e. The van der Waals surface area contributed by atoms with E-state index >= 15 is 0 Å². The van der Waals surface area contributed by atoms with Gasteiger partial charge in [0.1, 0.15) is 29.8 Å². The van der Waals surface area contributed by atoms with Gasteiger partial charge >= 0.3 is 6.09 Å². The minimum Gasteiger partial charge on any atom is -0.472 e. The highest BCUT2D eigenvalue weighted by molar-refractivity contribution is 7.90. The van der Waals surface area contributed by atoms with E-state index < -0.39 is 74.3 Å². The van der Waals surface area contributed by atoms with Gasteiger partial charge in [-0.3, -0.25) is 19.1 Å². The summed E-state index contributed by atoms with van der Waals surface area (Å²) in [6, 6.07) is 4.50. The molecule has 1 aliphatic carbocycles. The first-order chi connectivity index (χ1) is 22.2. The molecule has 1 aromatic carbocycles. The molecule has 48 heavy (non-hydrogen) atoms. The Bertz CT molecular complexity index is 1660. The molecule has 1 saturated heterocycles. The summed E-state index contributed by atoms with van der Waals surface area (Å²) in [6.07, 6.45) is 1.18. The molecular formula is C34H49N5O8S. The third kappa shape index (κ3) is 9.14. The molecule has 0 spiro atoms. The number of carbonyl (C=O) groups excluding carboxylic acids is 4. The number of carbonyl (C=O) groups is 4. The summed E-state index contributed by atoms with van der Waals surface area (Å²) < 4.78 is 38.5. The molecule has 2 heterocycles. The van der Waals surface area contributed by atoms with Crippen LogP contribution in [0.4, 0.5) is 4.79 Å². The van der Waals surface area contributed by atoms with Gasteiger partial charge in [-0.15, -0.1) is 0 Å². The molecule has 0 radical (unpaired) electrons. The molecule has 1 saturated carbocycles. The van der Waals surface area contributed by atoms with Crippen molar-refractivity contribution in [3.05, 3.63) is 36.0 Å². The molecule has 1 aromatic heterocycles. The van der Waals surface area contributed by atoms with Crippen LogP contribution in [0.1, 0.15) is 93.1 Å². The Balaban J connectivity index is 1.60. The summed E-state index contributed by atoms with van der Waals surface area (Å²) >= 11 is 0. The Morgan fingerprint density at radius 1 is 0.979 bits per heavy atom. The van der Waals surface area contributed by atoms with Crippen molar-refractivity contribution in [2.24, 2.45) is 5.41 Å². The van der Waals surface area contributed by atoms with Gasteiger partial charge in [0.2, 0.25) is 27.7 Å². The molecule has 13 nitrogen and oxygen atoms in total. The summed E-state index contributed by atoms with van der Waals surface area (Å²) in [4.78, 5) is 59.4. The number of pyridine rings is 1. The monoisotopic (exact) mass is 687 g/mol. The number of sulfonamides is 1. The molecular weight excluding hydrogens is 638 g/mol. The van der Waals surface area contributed by atoms with Gasteiger partial charge < -0.3 is 25.0 Å². The van der Waals surface area contributed by atoms with Gasteiger partial charge in [-0.25, -0.2) is 18.2 Å². The van der Waals surface area contributed by atoms with Gasteiger partial charge in [-0.2, -0.15) is 0 Å². The third-order valence-electron chi connectivity index (χ3n) is 8.28. The highest BCUT2D eigenvalue weighted by Crippen LogP contribution is 2.32. The van der Waals surface area contributed by atoms with Crippen LogP contribution in [0.25, 0.3) is 10.8 Å². The summed E-state index contributed by atoms with van der Waals surface area (Å²) in [6.45, 7) is 16.0. The highest BCUT2D eigenvalue weighted by atomic mass is 32.2. The quantitative estimate of drug-likeness (QED) is 0.336. The second-order valence-corrected chi connectivity index (χ2v) is 17.1. The van der Waals surface area contributed by atoms with Crippen LogP contribution in [-0.2, 0) is 29.1 Å². The Hall–Kier alpha value is -3.94. The van der Waals surface area contributed by atoms with E-state index in [-0.39, 0.29) is 13.0 Å². The Kier molecular flexibility index (Phi) is 10.7. The van der Waals surface area contributed by atoms with E-state index in [1.54, 1.807) is 47.7 Å². The smallest absolute Gasteiger partial charge is 0.408 e.